The molecule has 7 aliphatic heterocycles. The molecule has 6 aromatic rings. The maximum Gasteiger partial charge on any atom is 0.303 e. The second kappa shape index (κ2) is 36.7. The van der Waals surface area contributed by atoms with Crippen LogP contribution in [0.2, 0.25) is 0 Å². The minimum absolute atomic E-state index is 0.0214. The molecule has 5 fully saturated rings. The number of methoxy groups -OCH3 is 1. The van der Waals surface area contributed by atoms with Gasteiger partial charge >= 0.3 is 41.8 Å². The molecule has 7 aliphatic rings. The van der Waals surface area contributed by atoms with Gasteiger partial charge in [-0.2, -0.15) is 0 Å². The lowest BCUT2D eigenvalue weighted by atomic mass is 9.93. The number of hydrogen-bond donors (Lipinski definition) is 0. The molecule has 5 saturated heterocycles. The fourth-order valence-electron chi connectivity index (χ4n) is 14.9. The van der Waals surface area contributed by atoms with Crippen LogP contribution in [0, 0.1) is 0 Å². The number of ether oxygens (including phenoxy) is 20. The summed E-state index contributed by atoms with van der Waals surface area (Å²) in [7, 11) is 1.48. The Balaban J connectivity index is 0.983. The van der Waals surface area contributed by atoms with Crippen LogP contribution in [0.15, 0.2) is 164 Å². The summed E-state index contributed by atoms with van der Waals surface area (Å²) >= 11 is 0. The summed E-state index contributed by atoms with van der Waals surface area (Å²) in [4.78, 5) is 157. The Morgan fingerprint density at radius 2 is 0.783 bits per heavy atom. The summed E-state index contributed by atoms with van der Waals surface area (Å²) in [6.07, 6.45) is -34.5. The Hall–Kier alpha value is -11.0. The second-order valence-corrected chi connectivity index (χ2v) is 27.7. The van der Waals surface area contributed by atoms with Crippen LogP contribution in [-0.2, 0) is 132 Å². The van der Waals surface area contributed by atoms with E-state index in [-0.39, 0.29) is 47.8 Å². The first-order valence-electron chi connectivity index (χ1n) is 37.0. The van der Waals surface area contributed by atoms with Crippen LogP contribution < -0.4 is 9.47 Å². The molecular weight excluding hydrogens is 1510 g/mol. The van der Waals surface area contributed by atoms with Gasteiger partial charge in [0, 0.05) is 54.0 Å². The van der Waals surface area contributed by atoms with E-state index in [0.717, 1.165) is 58.9 Å². The van der Waals surface area contributed by atoms with Crippen molar-refractivity contribution < 1.29 is 147 Å². The van der Waals surface area contributed by atoms with Crippen molar-refractivity contribution in [1.29, 1.82) is 0 Å². The van der Waals surface area contributed by atoms with E-state index < -0.39 is 214 Å². The second-order valence-electron chi connectivity index (χ2n) is 27.7. The molecule has 0 saturated carbocycles. The van der Waals surface area contributed by atoms with Crippen LogP contribution in [0.4, 0.5) is 0 Å². The third kappa shape index (κ3) is 18.7. The van der Waals surface area contributed by atoms with Crippen LogP contribution in [0.25, 0.3) is 0 Å². The number of rotatable bonds is 28. The zero-order valence-electron chi connectivity index (χ0n) is 63.5. The van der Waals surface area contributed by atoms with E-state index in [4.69, 9.17) is 94.7 Å². The molecule has 608 valence electrons. The molecular formula is C82H84N2O31. The van der Waals surface area contributed by atoms with Gasteiger partial charge in [-0.05, 0) is 59.7 Å². The van der Waals surface area contributed by atoms with Gasteiger partial charge in [-0.25, -0.2) is 0 Å². The zero-order chi connectivity index (χ0) is 81.3. The summed E-state index contributed by atoms with van der Waals surface area (Å²) in [5.41, 5.74) is 1.54. The number of fused-ring (bicyclic) bond motifs is 3. The van der Waals surface area contributed by atoms with Gasteiger partial charge in [0.15, 0.2) is 61.8 Å². The number of esters is 7. The van der Waals surface area contributed by atoms with Crippen molar-refractivity contribution in [3.05, 3.63) is 203 Å². The number of imide groups is 2. The standard InChI is InChI=1S/C82H84N2O31/c1-42(85)98-39-59-65(102-44(3)87)69(104-46(5)89)63(84-76(94)56-30-20-21-31-57(56)77(84)95)80(109-59)115-73-70(105-47(6)90)66(103-45(4)88)60(40-99-43(2)86)110-82(73)114-71-67-61(41-101-78(112-67)51-26-16-11-17-27-51)111-81(72(71)106-48(7)91)113-64-58(38-97-36-49-22-12-9-13-23-49)108-79(107-53-34-32-52(96-8)33-35-53)62(68(64)100-37-50-24-14-10-15-25-50)83-74(92)54-28-18-19-29-55(54)75(83)93/h9-35,58-73,78-82H,36-41H2,1-8H3/t58-,59-,60-,61-,62-,63-,64-,65-,66-,67-,68-,69-,70+,71+,72+,73+,78?,79-,80+,81+,82-/m1/s1. The van der Waals surface area contributed by atoms with Crippen molar-refractivity contribution in [2.75, 3.05) is 33.5 Å². The molecule has 33 nitrogen and oxygen atoms in total. The average Bonchev–Trinajstić information content (AvgIpc) is 1.69. The molecule has 21 atom stereocenters. The maximum atomic E-state index is 15.3. The van der Waals surface area contributed by atoms with E-state index in [1.165, 1.54) is 43.5 Å². The van der Waals surface area contributed by atoms with Gasteiger partial charge in [0.1, 0.15) is 85.6 Å². The van der Waals surface area contributed by atoms with E-state index in [0.29, 0.717) is 21.8 Å². The number of benzene rings is 6. The van der Waals surface area contributed by atoms with Crippen LogP contribution in [-0.4, -0.2) is 231 Å². The zero-order valence-corrected chi connectivity index (χ0v) is 63.5. The number of carbonyl (C=O) groups is 11. The monoisotopic (exact) mass is 1590 g/mol. The SMILES string of the molecule is COc1ccc(O[C@@H]2O[C@H](COCc3ccccc3)[C@@H](O[C@@H]3O[C@@H]4COC(c5ccccc5)O[C@H]4[C@H](O[C@H]4O[C@H](COC(C)=O)[C@@H](OC(C)=O)[C@H](OC(C)=O)[C@@H]4O[C@@H]4O[C@H](COC(C)=O)[C@@H](OC(C)=O)[C@H](OC(C)=O)[C@H]4N4C(=O)c5ccccc5C4=O)[C@@H]3OC(C)=O)[C@H](OCc3ccccc3)[C@H]2N2C(=O)c3ccccc3C2=O)cc1. The number of amides is 4. The first kappa shape index (κ1) is 82.0. The van der Waals surface area contributed by atoms with Crippen LogP contribution >= 0.6 is 0 Å². The van der Waals surface area contributed by atoms with Crippen molar-refractivity contribution in [1.82, 2.24) is 9.80 Å². The van der Waals surface area contributed by atoms with Gasteiger partial charge in [0.25, 0.3) is 23.6 Å². The highest BCUT2D eigenvalue weighted by atomic mass is 16.8. The predicted molar refractivity (Wildman–Crippen MR) is 387 cm³/mol. The number of carbonyl (C=O) groups excluding carboxylic acids is 11. The summed E-state index contributed by atoms with van der Waals surface area (Å²) in [5.74, 6) is -9.97. The highest BCUT2D eigenvalue weighted by Gasteiger charge is 2.64. The van der Waals surface area contributed by atoms with E-state index in [1.54, 1.807) is 97.1 Å². The molecule has 0 bridgehead atoms. The lowest BCUT2D eigenvalue weighted by Gasteiger charge is -2.53. The van der Waals surface area contributed by atoms with Crippen LogP contribution in [0.5, 0.6) is 11.5 Å². The van der Waals surface area contributed by atoms with Crippen LogP contribution in [0.3, 0.4) is 0 Å². The summed E-state index contributed by atoms with van der Waals surface area (Å²) in [6.45, 7) is 4.45. The summed E-state index contributed by atoms with van der Waals surface area (Å²) in [5, 5.41) is 0. The van der Waals surface area contributed by atoms with Gasteiger partial charge in [0.05, 0.1) is 55.8 Å². The van der Waals surface area contributed by atoms with Gasteiger partial charge < -0.3 is 94.7 Å². The van der Waals surface area contributed by atoms with Crippen LogP contribution in [0.1, 0.15) is 113 Å². The fourth-order valence-corrected chi connectivity index (χ4v) is 14.9. The smallest absolute Gasteiger partial charge is 0.303 e. The summed E-state index contributed by atoms with van der Waals surface area (Å²) in [6, 6.07) is 41.1. The minimum atomic E-state index is -2.28. The Morgan fingerprint density at radius 1 is 0.374 bits per heavy atom. The molecule has 4 amide bonds. The quantitative estimate of drug-likeness (QED) is 0.0301. The Kier molecular flexibility index (Phi) is 26.2. The van der Waals surface area contributed by atoms with E-state index in [1.807, 2.05) is 30.3 Å². The first-order valence-corrected chi connectivity index (χ1v) is 37.0. The van der Waals surface area contributed by atoms with Crippen molar-refractivity contribution in [2.24, 2.45) is 0 Å². The summed E-state index contributed by atoms with van der Waals surface area (Å²) < 4.78 is 130. The van der Waals surface area contributed by atoms with Crippen molar-refractivity contribution in [2.45, 2.75) is 191 Å². The normalized spacial score (nSPS) is 29.5. The van der Waals surface area contributed by atoms with Gasteiger partial charge in [-0.1, -0.05) is 115 Å². The first-order chi connectivity index (χ1) is 55.4. The highest BCUT2D eigenvalue weighted by molar-refractivity contribution is 6.22. The van der Waals surface area contributed by atoms with Gasteiger partial charge in [0.2, 0.25) is 6.29 Å². The molecule has 0 spiro atoms. The molecule has 0 aliphatic carbocycles. The topological polar surface area (TPSA) is 379 Å². The molecule has 13 rings (SSSR count). The lowest BCUT2D eigenvalue weighted by molar-refractivity contribution is -0.412. The Morgan fingerprint density at radius 3 is 1.30 bits per heavy atom. The Labute approximate surface area is 658 Å². The fraction of sp³-hybridized carbons (Fsp3) is 0.427. The molecule has 115 heavy (non-hydrogen) atoms. The molecule has 0 aromatic heterocycles. The number of nitrogens with zero attached hydrogens (tertiary/aromatic N) is 2. The molecule has 0 radical (unpaired) electrons. The van der Waals surface area contributed by atoms with Gasteiger partial charge in [-0.15, -0.1) is 0 Å². The lowest BCUT2D eigenvalue weighted by Crippen LogP contribution is -2.72. The third-order valence-electron chi connectivity index (χ3n) is 19.7. The molecule has 0 N–H and O–H groups in total. The predicted octanol–water partition coefficient (Wildman–Crippen LogP) is 6.16. The van der Waals surface area contributed by atoms with E-state index >= 15 is 19.2 Å². The molecule has 1 unspecified atom stereocenters. The third-order valence-corrected chi connectivity index (χ3v) is 19.7. The molecule has 6 aromatic carbocycles. The average molecular weight is 1590 g/mol. The minimum Gasteiger partial charge on any atom is -0.497 e. The van der Waals surface area contributed by atoms with E-state index in [2.05, 4.69) is 0 Å². The Bertz CT molecular complexity index is 4450. The largest absolute Gasteiger partial charge is 0.497 e. The highest BCUT2D eigenvalue weighted by Crippen LogP contribution is 2.45. The van der Waals surface area contributed by atoms with E-state index in [9.17, 15) is 33.6 Å². The number of hydrogen-bond acceptors (Lipinski definition) is 31. The van der Waals surface area contributed by atoms with Gasteiger partial charge in [-0.3, -0.25) is 62.5 Å². The van der Waals surface area contributed by atoms with Crippen molar-refractivity contribution in [3.8, 4) is 11.5 Å². The van der Waals surface area contributed by atoms with Crippen molar-refractivity contribution in [3.63, 3.8) is 0 Å². The van der Waals surface area contributed by atoms with Crippen molar-refractivity contribution >= 4 is 65.4 Å². The molecule has 7 heterocycles. The molecule has 33 heteroatoms. The maximum absolute atomic E-state index is 15.3.